The molecular formula is C14H30N4O. The monoisotopic (exact) mass is 270 g/mol. The SMILES string of the molecule is CC(C)CN1CCN(C(=O)NCCCN(C)C)CC1. The van der Waals surface area contributed by atoms with Crippen LogP contribution in [0.25, 0.3) is 0 Å². The Morgan fingerprint density at radius 3 is 2.37 bits per heavy atom. The van der Waals surface area contributed by atoms with Gasteiger partial charge in [-0.05, 0) is 33.0 Å². The van der Waals surface area contributed by atoms with Gasteiger partial charge in [-0.15, -0.1) is 0 Å². The van der Waals surface area contributed by atoms with Crippen molar-refractivity contribution < 1.29 is 4.79 Å². The molecule has 1 aliphatic heterocycles. The lowest BCUT2D eigenvalue weighted by Crippen LogP contribution is -2.52. The van der Waals surface area contributed by atoms with E-state index >= 15 is 0 Å². The quantitative estimate of drug-likeness (QED) is 0.730. The standard InChI is InChI=1S/C14H30N4O/c1-13(2)12-17-8-10-18(11-9-17)14(19)15-6-5-7-16(3)4/h13H,5-12H2,1-4H3,(H,15,19). The lowest BCUT2D eigenvalue weighted by Gasteiger charge is -2.35. The fourth-order valence-corrected chi connectivity index (χ4v) is 2.35. The van der Waals surface area contributed by atoms with Gasteiger partial charge in [-0.2, -0.15) is 0 Å². The molecule has 2 amide bonds. The summed E-state index contributed by atoms with van der Waals surface area (Å²) >= 11 is 0. The molecule has 5 heteroatoms. The fraction of sp³-hybridized carbons (Fsp3) is 0.929. The third kappa shape index (κ3) is 6.78. The molecule has 0 spiro atoms. The largest absolute Gasteiger partial charge is 0.338 e. The van der Waals surface area contributed by atoms with Gasteiger partial charge in [-0.1, -0.05) is 13.8 Å². The maximum absolute atomic E-state index is 12.0. The number of carbonyl (C=O) groups is 1. The molecule has 0 aliphatic carbocycles. The van der Waals surface area contributed by atoms with Crippen LogP contribution in [0.3, 0.4) is 0 Å². The number of hydrogen-bond donors (Lipinski definition) is 1. The lowest BCUT2D eigenvalue weighted by molar-refractivity contribution is 0.131. The van der Waals surface area contributed by atoms with E-state index in [0.29, 0.717) is 5.92 Å². The molecule has 0 aromatic heterocycles. The summed E-state index contributed by atoms with van der Waals surface area (Å²) in [6.07, 6.45) is 1.01. The second-order valence-electron chi connectivity index (χ2n) is 6.07. The minimum atomic E-state index is 0.1000. The summed E-state index contributed by atoms with van der Waals surface area (Å²) < 4.78 is 0. The zero-order valence-electron chi connectivity index (χ0n) is 13.0. The third-order valence-electron chi connectivity index (χ3n) is 3.34. The van der Waals surface area contributed by atoms with Crippen LogP contribution in [-0.2, 0) is 0 Å². The zero-order valence-corrected chi connectivity index (χ0v) is 13.0. The highest BCUT2D eigenvalue weighted by Crippen LogP contribution is 2.05. The van der Waals surface area contributed by atoms with Gasteiger partial charge in [0.15, 0.2) is 0 Å². The van der Waals surface area contributed by atoms with Gasteiger partial charge in [0.25, 0.3) is 0 Å². The molecule has 0 radical (unpaired) electrons. The van der Waals surface area contributed by atoms with E-state index in [9.17, 15) is 4.79 Å². The van der Waals surface area contributed by atoms with E-state index in [1.807, 2.05) is 4.90 Å². The van der Waals surface area contributed by atoms with Gasteiger partial charge >= 0.3 is 6.03 Å². The number of nitrogens with zero attached hydrogens (tertiary/aromatic N) is 3. The van der Waals surface area contributed by atoms with Crippen molar-refractivity contribution >= 4 is 6.03 Å². The predicted molar refractivity (Wildman–Crippen MR) is 79.4 cm³/mol. The van der Waals surface area contributed by atoms with Crippen molar-refractivity contribution in [2.45, 2.75) is 20.3 Å². The number of nitrogens with one attached hydrogen (secondary N) is 1. The molecule has 19 heavy (non-hydrogen) atoms. The number of hydrogen-bond acceptors (Lipinski definition) is 3. The smallest absolute Gasteiger partial charge is 0.317 e. The van der Waals surface area contributed by atoms with E-state index in [2.05, 4.69) is 43.1 Å². The van der Waals surface area contributed by atoms with Crippen LogP contribution in [0.1, 0.15) is 20.3 Å². The highest BCUT2D eigenvalue weighted by Gasteiger charge is 2.20. The highest BCUT2D eigenvalue weighted by atomic mass is 16.2. The first-order valence-corrected chi connectivity index (χ1v) is 7.39. The minimum absolute atomic E-state index is 0.1000. The first kappa shape index (κ1) is 16.2. The number of amides is 2. The molecule has 0 atom stereocenters. The molecule has 0 saturated carbocycles. The van der Waals surface area contributed by atoms with Gasteiger partial charge in [0.2, 0.25) is 0 Å². The maximum atomic E-state index is 12.0. The molecule has 112 valence electrons. The van der Waals surface area contributed by atoms with Crippen molar-refractivity contribution in [2.24, 2.45) is 5.92 Å². The van der Waals surface area contributed by atoms with Gasteiger partial charge in [-0.25, -0.2) is 4.79 Å². The molecule has 1 N–H and O–H groups in total. The number of rotatable bonds is 6. The number of piperazine rings is 1. The lowest BCUT2D eigenvalue weighted by atomic mass is 10.2. The second-order valence-corrected chi connectivity index (χ2v) is 6.07. The molecule has 1 heterocycles. The van der Waals surface area contributed by atoms with Gasteiger partial charge in [0.05, 0.1) is 0 Å². The summed E-state index contributed by atoms with van der Waals surface area (Å²) in [5.41, 5.74) is 0. The average Bonchev–Trinajstić information content (AvgIpc) is 2.34. The van der Waals surface area contributed by atoms with Gasteiger partial charge in [-0.3, -0.25) is 4.90 Å². The van der Waals surface area contributed by atoms with E-state index in [1.165, 1.54) is 0 Å². The van der Waals surface area contributed by atoms with Crippen LogP contribution in [-0.4, -0.2) is 80.6 Å². The Morgan fingerprint density at radius 1 is 1.21 bits per heavy atom. The zero-order chi connectivity index (χ0) is 14.3. The van der Waals surface area contributed by atoms with Crippen LogP contribution >= 0.6 is 0 Å². The topological polar surface area (TPSA) is 38.8 Å². The summed E-state index contributed by atoms with van der Waals surface area (Å²) in [5.74, 6) is 0.700. The fourth-order valence-electron chi connectivity index (χ4n) is 2.35. The number of carbonyl (C=O) groups excluding carboxylic acids is 1. The van der Waals surface area contributed by atoms with E-state index in [4.69, 9.17) is 0 Å². The van der Waals surface area contributed by atoms with Gasteiger partial charge in [0.1, 0.15) is 0 Å². The van der Waals surface area contributed by atoms with Crippen molar-refractivity contribution in [3.63, 3.8) is 0 Å². The molecule has 0 bridgehead atoms. The van der Waals surface area contributed by atoms with E-state index in [1.54, 1.807) is 0 Å². The Morgan fingerprint density at radius 2 is 1.84 bits per heavy atom. The van der Waals surface area contributed by atoms with Crippen molar-refractivity contribution in [3.05, 3.63) is 0 Å². The predicted octanol–water partition coefficient (Wildman–Crippen LogP) is 0.921. The van der Waals surface area contributed by atoms with Crippen LogP contribution < -0.4 is 5.32 Å². The minimum Gasteiger partial charge on any atom is -0.338 e. The summed E-state index contributed by atoms with van der Waals surface area (Å²) in [6, 6.07) is 0.1000. The second kappa shape index (κ2) is 8.38. The highest BCUT2D eigenvalue weighted by molar-refractivity contribution is 5.74. The summed E-state index contributed by atoms with van der Waals surface area (Å²) in [4.78, 5) is 18.5. The van der Waals surface area contributed by atoms with Crippen molar-refractivity contribution in [1.82, 2.24) is 20.0 Å². The van der Waals surface area contributed by atoms with Crippen LogP contribution in [0.5, 0.6) is 0 Å². The van der Waals surface area contributed by atoms with Crippen molar-refractivity contribution in [1.29, 1.82) is 0 Å². The van der Waals surface area contributed by atoms with E-state index in [0.717, 1.165) is 52.2 Å². The molecule has 0 aromatic rings. The Kier molecular flexibility index (Phi) is 7.16. The first-order chi connectivity index (χ1) is 8.99. The van der Waals surface area contributed by atoms with Crippen LogP contribution in [0, 0.1) is 5.92 Å². The van der Waals surface area contributed by atoms with Crippen molar-refractivity contribution in [3.8, 4) is 0 Å². The molecule has 1 saturated heterocycles. The van der Waals surface area contributed by atoms with Crippen LogP contribution in [0.4, 0.5) is 4.79 Å². The molecule has 0 unspecified atom stereocenters. The molecule has 1 rings (SSSR count). The molecule has 1 aliphatic rings. The van der Waals surface area contributed by atoms with Gasteiger partial charge < -0.3 is 15.1 Å². The molecule has 1 fully saturated rings. The Bertz CT molecular complexity index is 260. The Hall–Kier alpha value is -0.810. The summed E-state index contributed by atoms with van der Waals surface area (Å²) in [5, 5.41) is 3.01. The number of urea groups is 1. The maximum Gasteiger partial charge on any atom is 0.317 e. The third-order valence-corrected chi connectivity index (χ3v) is 3.34. The average molecular weight is 270 g/mol. The Balaban J connectivity index is 2.14. The normalized spacial score (nSPS) is 17.3. The van der Waals surface area contributed by atoms with Crippen molar-refractivity contribution in [2.75, 3.05) is 59.9 Å². The van der Waals surface area contributed by atoms with E-state index < -0.39 is 0 Å². The Labute approximate surface area is 117 Å². The molecule has 0 aromatic carbocycles. The van der Waals surface area contributed by atoms with Crippen LogP contribution in [0.2, 0.25) is 0 Å². The molecular weight excluding hydrogens is 240 g/mol. The van der Waals surface area contributed by atoms with Crippen LogP contribution in [0.15, 0.2) is 0 Å². The van der Waals surface area contributed by atoms with Gasteiger partial charge in [0, 0.05) is 39.3 Å². The first-order valence-electron chi connectivity index (χ1n) is 7.39. The van der Waals surface area contributed by atoms with E-state index in [-0.39, 0.29) is 6.03 Å². The summed E-state index contributed by atoms with van der Waals surface area (Å²) in [7, 11) is 4.10. The summed E-state index contributed by atoms with van der Waals surface area (Å²) in [6.45, 7) is 11.1. The molecule has 5 nitrogen and oxygen atoms in total.